The molecule has 0 bridgehead atoms. The van der Waals surface area contributed by atoms with Gasteiger partial charge in [0.25, 0.3) is 0 Å². The van der Waals surface area contributed by atoms with E-state index in [4.69, 9.17) is 0 Å². The number of aromatic nitrogens is 3. The van der Waals surface area contributed by atoms with Crippen LogP contribution >= 0.6 is 0 Å². The van der Waals surface area contributed by atoms with E-state index in [0.717, 1.165) is 42.7 Å². The average molecular weight is 394 g/mol. The van der Waals surface area contributed by atoms with E-state index in [2.05, 4.69) is 10.1 Å². The van der Waals surface area contributed by atoms with Crippen LogP contribution in [0.15, 0.2) is 12.1 Å². The Morgan fingerprint density at radius 1 is 1.11 bits per heavy atom. The summed E-state index contributed by atoms with van der Waals surface area (Å²) in [4.78, 5) is 18.9. The van der Waals surface area contributed by atoms with Crippen molar-refractivity contribution in [1.29, 1.82) is 0 Å². The minimum atomic E-state index is -4.54. The van der Waals surface area contributed by atoms with Gasteiger partial charge in [0.15, 0.2) is 5.65 Å². The molecule has 2 fully saturated rings. The van der Waals surface area contributed by atoms with Gasteiger partial charge in [-0.2, -0.15) is 18.3 Å². The fourth-order valence-electron chi connectivity index (χ4n) is 3.81. The molecule has 2 aromatic rings. The van der Waals surface area contributed by atoms with Gasteiger partial charge < -0.3 is 4.90 Å². The van der Waals surface area contributed by atoms with Crippen LogP contribution in [-0.4, -0.2) is 31.9 Å². The second-order valence-corrected chi connectivity index (χ2v) is 8.93. The third kappa shape index (κ3) is 3.49. The van der Waals surface area contributed by atoms with E-state index in [9.17, 15) is 18.0 Å². The zero-order chi connectivity index (χ0) is 20.3. The predicted octanol–water partition coefficient (Wildman–Crippen LogP) is 4.51. The van der Waals surface area contributed by atoms with Crippen molar-refractivity contribution in [3.63, 3.8) is 0 Å². The molecule has 1 aliphatic carbocycles. The molecule has 0 spiro atoms. The summed E-state index contributed by atoms with van der Waals surface area (Å²) < 4.78 is 42.0. The van der Waals surface area contributed by atoms with Gasteiger partial charge in [-0.05, 0) is 38.2 Å². The van der Waals surface area contributed by atoms with E-state index < -0.39 is 17.3 Å². The van der Waals surface area contributed by atoms with Crippen molar-refractivity contribution in [2.75, 3.05) is 6.54 Å². The summed E-state index contributed by atoms with van der Waals surface area (Å²) in [5.41, 5.74) is -0.305. The van der Waals surface area contributed by atoms with Gasteiger partial charge in [-0.3, -0.25) is 4.79 Å². The molecule has 0 aromatic carbocycles. The Labute approximate surface area is 161 Å². The molecule has 0 N–H and O–H groups in total. The average Bonchev–Trinajstić information content (AvgIpc) is 3.37. The fourth-order valence-corrected chi connectivity index (χ4v) is 3.81. The summed E-state index contributed by atoms with van der Waals surface area (Å²) in [6.45, 7) is 6.14. The van der Waals surface area contributed by atoms with Crippen LogP contribution in [0, 0.1) is 5.92 Å². The van der Waals surface area contributed by atoms with Crippen molar-refractivity contribution in [3.05, 3.63) is 29.2 Å². The van der Waals surface area contributed by atoms with Crippen LogP contribution in [0.4, 0.5) is 13.2 Å². The SMILES string of the molecule is CC(C)(C)c1cc(C(F)(F)F)n2nc(C3CCCCN3C(=O)C3CC3)cc2n1. The highest BCUT2D eigenvalue weighted by Crippen LogP contribution is 2.39. The predicted molar refractivity (Wildman–Crippen MR) is 97.7 cm³/mol. The van der Waals surface area contributed by atoms with Crippen molar-refractivity contribution in [2.45, 2.75) is 70.5 Å². The second kappa shape index (κ2) is 6.46. The molecule has 1 saturated heterocycles. The number of halogens is 3. The Balaban J connectivity index is 1.80. The number of carbonyl (C=O) groups is 1. The Morgan fingerprint density at radius 3 is 2.43 bits per heavy atom. The molecular formula is C20H25F3N4O. The summed E-state index contributed by atoms with van der Waals surface area (Å²) in [6.07, 6.45) is -0.164. The number of rotatable bonds is 2. The first kappa shape index (κ1) is 19.2. The Kier molecular flexibility index (Phi) is 4.43. The van der Waals surface area contributed by atoms with Crippen LogP contribution < -0.4 is 0 Å². The van der Waals surface area contributed by atoms with Gasteiger partial charge in [0.2, 0.25) is 5.91 Å². The van der Waals surface area contributed by atoms with Gasteiger partial charge in [0.05, 0.1) is 17.4 Å². The van der Waals surface area contributed by atoms with Crippen LogP contribution in [0.25, 0.3) is 5.65 Å². The van der Waals surface area contributed by atoms with E-state index in [0.29, 0.717) is 17.9 Å². The van der Waals surface area contributed by atoms with E-state index >= 15 is 0 Å². The van der Waals surface area contributed by atoms with Gasteiger partial charge >= 0.3 is 6.18 Å². The highest BCUT2D eigenvalue weighted by Gasteiger charge is 2.40. The van der Waals surface area contributed by atoms with Crippen LogP contribution in [0.3, 0.4) is 0 Å². The van der Waals surface area contributed by atoms with Crippen molar-refractivity contribution in [3.8, 4) is 0 Å². The van der Waals surface area contributed by atoms with Crippen molar-refractivity contribution < 1.29 is 18.0 Å². The summed E-state index contributed by atoms with van der Waals surface area (Å²) in [7, 11) is 0. The minimum Gasteiger partial charge on any atom is -0.334 e. The topological polar surface area (TPSA) is 50.5 Å². The van der Waals surface area contributed by atoms with Crippen LogP contribution in [0.5, 0.6) is 0 Å². The lowest BCUT2D eigenvalue weighted by Crippen LogP contribution is -2.39. The summed E-state index contributed by atoms with van der Waals surface area (Å²) in [6, 6.07) is 2.42. The molecule has 5 nitrogen and oxygen atoms in total. The third-order valence-corrected chi connectivity index (χ3v) is 5.56. The molecule has 2 aliphatic rings. The maximum atomic E-state index is 13.7. The Hall–Kier alpha value is -2.12. The molecule has 1 saturated carbocycles. The first-order valence-corrected chi connectivity index (χ1v) is 9.84. The lowest BCUT2D eigenvalue weighted by molar-refractivity contribution is -0.143. The molecule has 152 valence electrons. The quantitative estimate of drug-likeness (QED) is 0.753. The first-order valence-electron chi connectivity index (χ1n) is 9.84. The van der Waals surface area contributed by atoms with E-state index in [1.807, 2.05) is 25.7 Å². The van der Waals surface area contributed by atoms with E-state index in [1.54, 1.807) is 6.07 Å². The van der Waals surface area contributed by atoms with Gasteiger partial charge in [0, 0.05) is 23.9 Å². The van der Waals surface area contributed by atoms with Gasteiger partial charge in [-0.25, -0.2) is 9.50 Å². The van der Waals surface area contributed by atoms with Gasteiger partial charge in [-0.15, -0.1) is 0 Å². The first-order chi connectivity index (χ1) is 13.1. The van der Waals surface area contributed by atoms with E-state index in [-0.39, 0.29) is 23.5 Å². The standard InChI is InChI=1S/C20H25F3N4O/c1-19(2,3)15-11-16(20(21,22)23)27-17(24-15)10-13(25-27)14-6-4-5-9-26(14)18(28)12-7-8-12/h10-12,14H,4-9H2,1-3H3. The molecule has 1 amide bonds. The molecule has 1 atom stereocenters. The largest absolute Gasteiger partial charge is 0.433 e. The lowest BCUT2D eigenvalue weighted by atomic mass is 9.91. The molecule has 1 aliphatic heterocycles. The number of nitrogens with zero attached hydrogens (tertiary/aromatic N) is 4. The number of fused-ring (bicyclic) bond motifs is 1. The second-order valence-electron chi connectivity index (χ2n) is 8.93. The Bertz CT molecular complexity index is 909. The number of alkyl halides is 3. The highest BCUT2D eigenvalue weighted by molar-refractivity contribution is 5.81. The maximum absolute atomic E-state index is 13.7. The number of hydrogen-bond acceptors (Lipinski definition) is 3. The summed E-state index contributed by atoms with van der Waals surface area (Å²) >= 11 is 0. The zero-order valence-electron chi connectivity index (χ0n) is 16.4. The molecule has 0 radical (unpaired) electrons. The number of likely N-dealkylation sites (tertiary alicyclic amines) is 1. The normalized spacial score (nSPS) is 21.4. The Morgan fingerprint density at radius 2 is 1.82 bits per heavy atom. The molecule has 28 heavy (non-hydrogen) atoms. The zero-order valence-corrected chi connectivity index (χ0v) is 16.4. The summed E-state index contributed by atoms with van der Waals surface area (Å²) in [5.74, 6) is 0.190. The lowest BCUT2D eigenvalue weighted by Gasteiger charge is -2.35. The fraction of sp³-hybridized carbons (Fsp3) is 0.650. The minimum absolute atomic E-state index is 0.0778. The van der Waals surface area contributed by atoms with Crippen LogP contribution in [0.2, 0.25) is 0 Å². The van der Waals surface area contributed by atoms with Gasteiger partial charge in [-0.1, -0.05) is 20.8 Å². The van der Waals surface area contributed by atoms with Crippen LogP contribution in [-0.2, 0) is 16.4 Å². The summed E-state index contributed by atoms with van der Waals surface area (Å²) in [5, 5.41) is 4.28. The van der Waals surface area contributed by atoms with Crippen molar-refractivity contribution >= 4 is 11.6 Å². The number of amides is 1. The number of carbonyl (C=O) groups excluding carboxylic acids is 1. The smallest absolute Gasteiger partial charge is 0.334 e. The van der Waals surface area contributed by atoms with Crippen molar-refractivity contribution in [1.82, 2.24) is 19.5 Å². The molecule has 8 heteroatoms. The number of piperidine rings is 1. The number of hydrogen-bond donors (Lipinski definition) is 0. The van der Waals surface area contributed by atoms with Gasteiger partial charge in [0.1, 0.15) is 5.69 Å². The molecule has 4 rings (SSSR count). The van der Waals surface area contributed by atoms with Crippen molar-refractivity contribution in [2.24, 2.45) is 5.92 Å². The highest BCUT2D eigenvalue weighted by atomic mass is 19.4. The van der Waals surface area contributed by atoms with E-state index in [1.165, 1.54) is 0 Å². The third-order valence-electron chi connectivity index (χ3n) is 5.56. The maximum Gasteiger partial charge on any atom is 0.433 e. The molecule has 3 heterocycles. The molecule has 1 unspecified atom stereocenters. The van der Waals surface area contributed by atoms with Crippen LogP contribution in [0.1, 0.15) is 76.0 Å². The molecule has 2 aromatic heterocycles. The molecular weight excluding hydrogens is 369 g/mol. The monoisotopic (exact) mass is 394 g/mol.